The standard InChI is InChI=1S/C12H11ClO3/c13-9-3-1-8(2-4-9)12(15)10-7-16-6-5-11(10)14/h1-4,10H,5-7H2. The second-order valence-corrected chi connectivity index (χ2v) is 4.15. The Kier molecular flexibility index (Phi) is 3.36. The molecule has 0 aliphatic carbocycles. The third-order valence-corrected chi connectivity index (χ3v) is 2.86. The Morgan fingerprint density at radius 2 is 2.00 bits per heavy atom. The van der Waals surface area contributed by atoms with Gasteiger partial charge >= 0.3 is 0 Å². The molecule has 1 aromatic carbocycles. The van der Waals surface area contributed by atoms with Crippen molar-refractivity contribution in [1.82, 2.24) is 0 Å². The second kappa shape index (κ2) is 4.76. The molecule has 1 unspecified atom stereocenters. The summed E-state index contributed by atoms with van der Waals surface area (Å²) in [5.41, 5.74) is 0.508. The molecule has 1 aliphatic rings. The molecular formula is C12H11ClO3. The molecule has 0 aromatic heterocycles. The predicted octanol–water partition coefficient (Wildman–Crippen LogP) is 2.13. The van der Waals surface area contributed by atoms with Gasteiger partial charge in [-0.15, -0.1) is 0 Å². The van der Waals surface area contributed by atoms with Gasteiger partial charge in [-0.3, -0.25) is 9.59 Å². The number of hydrogen-bond donors (Lipinski definition) is 0. The number of carbonyl (C=O) groups is 2. The van der Waals surface area contributed by atoms with Crippen LogP contribution in [0.1, 0.15) is 16.8 Å². The number of rotatable bonds is 2. The van der Waals surface area contributed by atoms with Crippen LogP contribution in [0.2, 0.25) is 5.02 Å². The van der Waals surface area contributed by atoms with Gasteiger partial charge in [0.15, 0.2) is 5.78 Å². The summed E-state index contributed by atoms with van der Waals surface area (Å²) in [5, 5.41) is 0.572. The van der Waals surface area contributed by atoms with E-state index in [0.717, 1.165) is 0 Å². The minimum absolute atomic E-state index is 0.0359. The van der Waals surface area contributed by atoms with Gasteiger partial charge in [-0.05, 0) is 24.3 Å². The van der Waals surface area contributed by atoms with Gasteiger partial charge in [0, 0.05) is 17.0 Å². The summed E-state index contributed by atoms with van der Waals surface area (Å²) >= 11 is 5.73. The molecule has 4 heteroatoms. The Balaban J connectivity index is 2.17. The molecule has 1 atom stereocenters. The summed E-state index contributed by atoms with van der Waals surface area (Å²) in [6, 6.07) is 6.55. The first-order valence-corrected chi connectivity index (χ1v) is 5.46. The predicted molar refractivity (Wildman–Crippen MR) is 59.7 cm³/mol. The third kappa shape index (κ3) is 2.31. The lowest BCUT2D eigenvalue weighted by molar-refractivity contribution is -0.128. The summed E-state index contributed by atoms with van der Waals surface area (Å²) in [6.45, 7) is 0.615. The average molecular weight is 239 g/mol. The van der Waals surface area contributed by atoms with Crippen LogP contribution in [-0.4, -0.2) is 24.8 Å². The molecule has 0 bridgehead atoms. The maximum Gasteiger partial charge on any atom is 0.175 e. The molecule has 0 radical (unpaired) electrons. The SMILES string of the molecule is O=C1CCOCC1C(=O)c1ccc(Cl)cc1. The van der Waals surface area contributed by atoms with Crippen LogP contribution in [0.5, 0.6) is 0 Å². The van der Waals surface area contributed by atoms with Crippen LogP contribution < -0.4 is 0 Å². The molecule has 1 heterocycles. The zero-order valence-electron chi connectivity index (χ0n) is 8.61. The summed E-state index contributed by atoms with van der Waals surface area (Å²) in [7, 11) is 0. The number of Topliss-reactive ketones (excluding diaryl/α,β-unsaturated/α-hetero) is 2. The van der Waals surface area contributed by atoms with E-state index in [1.54, 1.807) is 24.3 Å². The number of ether oxygens (including phenoxy) is 1. The highest BCUT2D eigenvalue weighted by molar-refractivity contribution is 6.30. The zero-order valence-corrected chi connectivity index (χ0v) is 9.37. The average Bonchev–Trinajstić information content (AvgIpc) is 2.30. The molecule has 1 aromatic rings. The fourth-order valence-electron chi connectivity index (χ4n) is 1.68. The van der Waals surface area contributed by atoms with E-state index in [1.807, 2.05) is 0 Å². The molecular weight excluding hydrogens is 228 g/mol. The molecule has 1 saturated heterocycles. The summed E-state index contributed by atoms with van der Waals surface area (Å²) in [6.07, 6.45) is 0.323. The highest BCUT2D eigenvalue weighted by atomic mass is 35.5. The molecule has 0 N–H and O–H groups in total. The van der Waals surface area contributed by atoms with Crippen molar-refractivity contribution in [2.24, 2.45) is 5.92 Å². The molecule has 1 aliphatic heterocycles. The lowest BCUT2D eigenvalue weighted by Crippen LogP contribution is -2.33. The van der Waals surface area contributed by atoms with Crippen LogP contribution >= 0.6 is 11.6 Å². The molecule has 0 spiro atoms. The lowest BCUT2D eigenvalue weighted by Gasteiger charge is -2.19. The van der Waals surface area contributed by atoms with E-state index >= 15 is 0 Å². The monoisotopic (exact) mass is 238 g/mol. The topological polar surface area (TPSA) is 43.4 Å². The summed E-state index contributed by atoms with van der Waals surface area (Å²) in [5.74, 6) is -0.859. The van der Waals surface area contributed by atoms with Gasteiger partial charge in [0.1, 0.15) is 11.7 Å². The van der Waals surface area contributed by atoms with Gasteiger partial charge in [-0.25, -0.2) is 0 Å². The molecule has 2 rings (SSSR count). The highest BCUT2D eigenvalue weighted by Crippen LogP contribution is 2.18. The molecule has 0 amide bonds. The maximum absolute atomic E-state index is 12.0. The highest BCUT2D eigenvalue weighted by Gasteiger charge is 2.30. The van der Waals surface area contributed by atoms with E-state index in [2.05, 4.69) is 0 Å². The molecule has 16 heavy (non-hydrogen) atoms. The maximum atomic E-state index is 12.0. The Hall–Kier alpha value is -1.19. The molecule has 1 fully saturated rings. The largest absolute Gasteiger partial charge is 0.380 e. The Labute approximate surface area is 98.4 Å². The smallest absolute Gasteiger partial charge is 0.175 e. The lowest BCUT2D eigenvalue weighted by atomic mass is 9.91. The summed E-state index contributed by atoms with van der Waals surface area (Å²) < 4.78 is 5.15. The minimum atomic E-state index is -0.644. The first-order chi connectivity index (χ1) is 7.68. The first-order valence-electron chi connectivity index (χ1n) is 5.09. The van der Waals surface area contributed by atoms with Crippen molar-refractivity contribution in [3.63, 3.8) is 0 Å². The van der Waals surface area contributed by atoms with Crippen molar-refractivity contribution in [2.75, 3.05) is 13.2 Å². The van der Waals surface area contributed by atoms with Crippen LogP contribution in [-0.2, 0) is 9.53 Å². The number of carbonyl (C=O) groups excluding carboxylic acids is 2. The normalized spacial score (nSPS) is 20.8. The van der Waals surface area contributed by atoms with Crippen molar-refractivity contribution in [3.8, 4) is 0 Å². The van der Waals surface area contributed by atoms with Gasteiger partial charge in [-0.1, -0.05) is 11.6 Å². The van der Waals surface area contributed by atoms with Crippen molar-refractivity contribution in [1.29, 1.82) is 0 Å². The van der Waals surface area contributed by atoms with E-state index in [-0.39, 0.29) is 18.2 Å². The van der Waals surface area contributed by atoms with Crippen molar-refractivity contribution >= 4 is 23.2 Å². The van der Waals surface area contributed by atoms with Crippen LogP contribution in [0.25, 0.3) is 0 Å². The van der Waals surface area contributed by atoms with E-state index in [0.29, 0.717) is 23.6 Å². The summed E-state index contributed by atoms with van der Waals surface area (Å²) in [4.78, 5) is 23.5. The number of hydrogen-bond acceptors (Lipinski definition) is 3. The third-order valence-electron chi connectivity index (χ3n) is 2.61. The Bertz CT molecular complexity index is 411. The molecule has 0 saturated carbocycles. The van der Waals surface area contributed by atoms with Crippen LogP contribution in [0.3, 0.4) is 0 Å². The van der Waals surface area contributed by atoms with Crippen LogP contribution in [0, 0.1) is 5.92 Å². The van der Waals surface area contributed by atoms with Gasteiger partial charge < -0.3 is 4.74 Å². The van der Waals surface area contributed by atoms with Crippen molar-refractivity contribution < 1.29 is 14.3 Å². The first kappa shape index (κ1) is 11.3. The fraction of sp³-hybridized carbons (Fsp3) is 0.333. The van der Waals surface area contributed by atoms with Crippen molar-refractivity contribution in [3.05, 3.63) is 34.9 Å². The fourth-order valence-corrected chi connectivity index (χ4v) is 1.80. The van der Waals surface area contributed by atoms with Gasteiger partial charge in [-0.2, -0.15) is 0 Å². The number of halogens is 1. The van der Waals surface area contributed by atoms with Gasteiger partial charge in [0.25, 0.3) is 0 Å². The van der Waals surface area contributed by atoms with E-state index < -0.39 is 5.92 Å². The quantitative estimate of drug-likeness (QED) is 0.586. The van der Waals surface area contributed by atoms with Gasteiger partial charge in [0.2, 0.25) is 0 Å². The number of ketones is 2. The molecule has 84 valence electrons. The van der Waals surface area contributed by atoms with Crippen molar-refractivity contribution in [2.45, 2.75) is 6.42 Å². The number of benzene rings is 1. The zero-order chi connectivity index (χ0) is 11.5. The van der Waals surface area contributed by atoms with E-state index in [1.165, 1.54) is 0 Å². The van der Waals surface area contributed by atoms with Gasteiger partial charge in [0.05, 0.1) is 13.2 Å². The Morgan fingerprint density at radius 1 is 1.31 bits per heavy atom. The molecule has 3 nitrogen and oxygen atoms in total. The van der Waals surface area contributed by atoms with E-state index in [9.17, 15) is 9.59 Å². The second-order valence-electron chi connectivity index (χ2n) is 3.71. The van der Waals surface area contributed by atoms with Crippen LogP contribution in [0.15, 0.2) is 24.3 Å². The van der Waals surface area contributed by atoms with Crippen LogP contribution in [0.4, 0.5) is 0 Å². The van der Waals surface area contributed by atoms with E-state index in [4.69, 9.17) is 16.3 Å². The Morgan fingerprint density at radius 3 is 2.62 bits per heavy atom. The minimum Gasteiger partial charge on any atom is -0.380 e.